The molecule has 0 unspecified atom stereocenters. The zero-order valence-corrected chi connectivity index (χ0v) is 27.8. The van der Waals surface area contributed by atoms with E-state index in [2.05, 4.69) is 4.98 Å². The van der Waals surface area contributed by atoms with Gasteiger partial charge in [0.05, 0.1) is 43.4 Å². The largest absolute Gasteiger partial charge is 0.467 e. The van der Waals surface area contributed by atoms with Gasteiger partial charge in [0.15, 0.2) is 5.54 Å². The SMILES string of the molecule is COC(=O)[C@]12Cc3ncn(Cc4ccccc4)c3CN1C(=O)[C@@H]([N+](=O)[O-])[C@@H]2c1cn(C(c2ccccc2)(c2ccccc2)c2ccccc2)cn1. The molecule has 51 heavy (non-hydrogen) atoms. The molecule has 11 heteroatoms. The molecule has 11 nitrogen and oxygen atoms in total. The van der Waals surface area contributed by atoms with Gasteiger partial charge in [-0.1, -0.05) is 121 Å². The van der Waals surface area contributed by atoms with Crippen molar-refractivity contribution in [1.82, 2.24) is 24.0 Å². The number of rotatable bonds is 9. The van der Waals surface area contributed by atoms with E-state index in [4.69, 9.17) is 9.72 Å². The van der Waals surface area contributed by atoms with Gasteiger partial charge in [-0.3, -0.25) is 14.9 Å². The minimum absolute atomic E-state index is 0.0420. The van der Waals surface area contributed by atoms with E-state index in [-0.39, 0.29) is 18.7 Å². The maximum Gasteiger partial charge on any atom is 0.333 e. The van der Waals surface area contributed by atoms with Crippen LogP contribution in [0.2, 0.25) is 0 Å². The van der Waals surface area contributed by atoms with Crippen LogP contribution in [0.25, 0.3) is 0 Å². The van der Waals surface area contributed by atoms with Crippen molar-refractivity contribution in [2.24, 2.45) is 0 Å². The molecule has 2 aromatic heterocycles. The summed E-state index contributed by atoms with van der Waals surface area (Å²) in [5, 5.41) is 12.9. The second kappa shape index (κ2) is 12.5. The van der Waals surface area contributed by atoms with Gasteiger partial charge in [0, 0.05) is 24.1 Å². The number of hydrogen-bond acceptors (Lipinski definition) is 7. The maximum atomic E-state index is 14.3. The average Bonchev–Trinajstić information content (AvgIpc) is 3.88. The van der Waals surface area contributed by atoms with Crippen molar-refractivity contribution in [1.29, 1.82) is 0 Å². The zero-order valence-electron chi connectivity index (χ0n) is 27.8. The van der Waals surface area contributed by atoms with E-state index in [1.807, 2.05) is 130 Å². The highest BCUT2D eigenvalue weighted by Crippen LogP contribution is 2.50. The van der Waals surface area contributed by atoms with Crippen LogP contribution in [0.15, 0.2) is 140 Å². The van der Waals surface area contributed by atoms with Crippen LogP contribution >= 0.6 is 0 Å². The minimum atomic E-state index is -1.78. The predicted octanol–water partition coefficient (Wildman–Crippen LogP) is 5.21. The van der Waals surface area contributed by atoms with Gasteiger partial charge in [0.25, 0.3) is 5.91 Å². The molecule has 2 aliphatic heterocycles. The van der Waals surface area contributed by atoms with Crippen LogP contribution < -0.4 is 0 Å². The number of aromatic nitrogens is 4. The van der Waals surface area contributed by atoms with Crippen LogP contribution in [0.5, 0.6) is 0 Å². The maximum absolute atomic E-state index is 14.3. The Kier molecular flexibility index (Phi) is 7.82. The molecule has 1 fully saturated rings. The van der Waals surface area contributed by atoms with Crippen LogP contribution in [0.4, 0.5) is 0 Å². The molecule has 0 saturated carbocycles. The topological polar surface area (TPSA) is 125 Å². The Morgan fingerprint density at radius 2 is 1.41 bits per heavy atom. The van der Waals surface area contributed by atoms with E-state index in [9.17, 15) is 19.7 Å². The summed E-state index contributed by atoms with van der Waals surface area (Å²) in [6, 6.07) is 37.8. The molecule has 254 valence electrons. The summed E-state index contributed by atoms with van der Waals surface area (Å²) in [7, 11) is 1.24. The highest BCUT2D eigenvalue weighted by atomic mass is 16.6. The van der Waals surface area contributed by atoms with Crippen LogP contribution in [-0.4, -0.2) is 59.5 Å². The number of hydrogen-bond donors (Lipinski definition) is 0. The van der Waals surface area contributed by atoms with E-state index >= 15 is 0 Å². The molecule has 4 aromatic carbocycles. The lowest BCUT2D eigenvalue weighted by Gasteiger charge is -2.41. The van der Waals surface area contributed by atoms with E-state index in [0.29, 0.717) is 12.2 Å². The summed E-state index contributed by atoms with van der Waals surface area (Å²) in [5.41, 5.74) is 2.63. The third-order valence-corrected chi connectivity index (χ3v) is 10.5. The van der Waals surface area contributed by atoms with Gasteiger partial charge in [-0.15, -0.1) is 0 Å². The molecule has 0 aliphatic carbocycles. The first-order valence-corrected chi connectivity index (χ1v) is 16.7. The number of carbonyl (C=O) groups is 2. The van der Waals surface area contributed by atoms with E-state index < -0.39 is 39.8 Å². The smallest absolute Gasteiger partial charge is 0.333 e. The van der Waals surface area contributed by atoms with Crippen molar-refractivity contribution < 1.29 is 19.2 Å². The number of imidazole rings is 2. The number of amides is 1. The average molecular weight is 679 g/mol. The quantitative estimate of drug-likeness (QED) is 0.0890. The summed E-state index contributed by atoms with van der Waals surface area (Å²) in [4.78, 5) is 51.6. The highest BCUT2D eigenvalue weighted by molar-refractivity contribution is 5.97. The highest BCUT2D eigenvalue weighted by Gasteiger charge is 2.71. The Labute approximate surface area is 293 Å². The lowest BCUT2D eigenvalue weighted by atomic mass is 9.75. The second-order valence-electron chi connectivity index (χ2n) is 13.0. The molecule has 8 rings (SSSR count). The Morgan fingerprint density at radius 1 is 0.863 bits per heavy atom. The summed E-state index contributed by atoms with van der Waals surface area (Å²) in [6.45, 7) is 0.448. The van der Waals surface area contributed by atoms with Gasteiger partial charge in [-0.25, -0.2) is 14.8 Å². The first-order valence-electron chi connectivity index (χ1n) is 16.7. The number of ether oxygens (including phenoxy) is 1. The summed E-state index contributed by atoms with van der Waals surface area (Å²) in [5.74, 6) is -2.78. The Balaban J connectivity index is 1.31. The van der Waals surface area contributed by atoms with Crippen LogP contribution in [0.3, 0.4) is 0 Å². The monoisotopic (exact) mass is 678 g/mol. The number of carbonyl (C=O) groups excluding carboxylic acids is 2. The standard InChI is InChI=1S/C40H34N6O5/c1-51-38(48)39-22-32-34(43(26-41-32)23-28-14-6-2-7-15-28)25-45(39)37(47)36(46(49)50)35(39)33-24-44(27-42-33)40(29-16-8-3-9-17-29,30-18-10-4-11-19-30)31-20-12-5-13-21-31/h2-21,24,26-27,35-36H,22-23,25H2,1H3/t35-,36-,39+/m0/s1. The molecule has 0 N–H and O–H groups in total. The number of nitro groups is 1. The van der Waals surface area contributed by atoms with Crippen molar-refractivity contribution >= 4 is 11.9 Å². The molecular weight excluding hydrogens is 644 g/mol. The molecule has 1 saturated heterocycles. The Bertz CT molecular complexity index is 2120. The summed E-state index contributed by atoms with van der Waals surface area (Å²) in [6.07, 6.45) is 5.02. The van der Waals surface area contributed by atoms with Gasteiger partial charge in [0.2, 0.25) is 0 Å². The third kappa shape index (κ3) is 4.87. The van der Waals surface area contributed by atoms with Crippen molar-refractivity contribution in [3.63, 3.8) is 0 Å². The molecule has 4 heterocycles. The zero-order chi connectivity index (χ0) is 35.2. The molecule has 1 amide bonds. The predicted molar refractivity (Wildman–Crippen MR) is 187 cm³/mol. The molecule has 0 spiro atoms. The normalized spacial score (nSPS) is 19.7. The van der Waals surface area contributed by atoms with E-state index in [1.54, 1.807) is 18.9 Å². The van der Waals surface area contributed by atoms with Crippen molar-refractivity contribution in [3.8, 4) is 0 Å². The molecule has 0 radical (unpaired) electrons. The number of methoxy groups -OCH3 is 1. The number of esters is 1. The van der Waals surface area contributed by atoms with Gasteiger partial charge >= 0.3 is 12.0 Å². The Morgan fingerprint density at radius 3 is 1.94 bits per heavy atom. The van der Waals surface area contributed by atoms with Crippen molar-refractivity contribution in [2.75, 3.05) is 7.11 Å². The minimum Gasteiger partial charge on any atom is -0.467 e. The van der Waals surface area contributed by atoms with E-state index in [0.717, 1.165) is 27.9 Å². The molecule has 2 aliphatic rings. The van der Waals surface area contributed by atoms with Gasteiger partial charge < -0.3 is 18.8 Å². The number of benzene rings is 4. The molecule has 6 aromatic rings. The fourth-order valence-corrected chi connectivity index (χ4v) is 8.22. The van der Waals surface area contributed by atoms with Crippen LogP contribution in [0, 0.1) is 10.1 Å². The van der Waals surface area contributed by atoms with Crippen molar-refractivity contribution in [3.05, 3.63) is 190 Å². The first-order chi connectivity index (χ1) is 24.9. The number of nitrogens with zero attached hydrogens (tertiary/aromatic N) is 6. The van der Waals surface area contributed by atoms with Crippen LogP contribution in [0.1, 0.15) is 45.3 Å². The fraction of sp³-hybridized carbons (Fsp3) is 0.200. The second-order valence-corrected chi connectivity index (χ2v) is 13.0. The van der Waals surface area contributed by atoms with Gasteiger partial charge in [-0.2, -0.15) is 0 Å². The van der Waals surface area contributed by atoms with Gasteiger partial charge in [-0.05, 0) is 22.3 Å². The molecular formula is C40H34N6O5. The third-order valence-electron chi connectivity index (χ3n) is 10.5. The molecule has 3 atom stereocenters. The van der Waals surface area contributed by atoms with Gasteiger partial charge in [0.1, 0.15) is 11.5 Å². The lowest BCUT2D eigenvalue weighted by Crippen LogP contribution is -2.59. The summed E-state index contributed by atoms with van der Waals surface area (Å²) >= 11 is 0. The van der Waals surface area contributed by atoms with E-state index in [1.165, 1.54) is 12.0 Å². The summed E-state index contributed by atoms with van der Waals surface area (Å²) < 4.78 is 9.26. The molecule has 0 bridgehead atoms. The first kappa shape index (κ1) is 31.9. The fourth-order valence-electron chi connectivity index (χ4n) is 8.22. The van der Waals surface area contributed by atoms with Crippen molar-refractivity contribution in [2.45, 2.75) is 42.5 Å². The Hall–Kier alpha value is -6.36. The lowest BCUT2D eigenvalue weighted by molar-refractivity contribution is -0.510. The number of fused-ring (bicyclic) bond motifs is 2. The van der Waals surface area contributed by atoms with Crippen LogP contribution in [-0.2, 0) is 39.4 Å².